The summed E-state index contributed by atoms with van der Waals surface area (Å²) in [5.41, 5.74) is 0. The maximum absolute atomic E-state index is 10.1. The molecule has 0 rings (SSSR count). The third-order valence-corrected chi connectivity index (χ3v) is 1.09. The van der Waals surface area contributed by atoms with Gasteiger partial charge in [0.1, 0.15) is 0 Å². The van der Waals surface area contributed by atoms with Crippen LogP contribution in [0.5, 0.6) is 0 Å². The average Bonchev–Trinajstić information content (AvgIpc) is 1.86. The highest BCUT2D eigenvalue weighted by atomic mass is 16.4. The summed E-state index contributed by atoms with van der Waals surface area (Å²) < 4.78 is 0. The summed E-state index contributed by atoms with van der Waals surface area (Å²) in [5, 5.41) is 21.7. The Morgan fingerprint density at radius 3 is 2.50 bits per heavy atom. The van der Waals surface area contributed by atoms with Gasteiger partial charge in [-0.15, -0.1) is 0 Å². The van der Waals surface area contributed by atoms with Crippen LogP contribution in [0.3, 0.4) is 0 Å². The van der Waals surface area contributed by atoms with Crippen molar-refractivity contribution in [1.29, 1.82) is 10.8 Å². The van der Waals surface area contributed by atoms with Gasteiger partial charge < -0.3 is 15.9 Å². The summed E-state index contributed by atoms with van der Waals surface area (Å²) in [6, 6.07) is 0. The van der Waals surface area contributed by atoms with Crippen LogP contribution >= 0.6 is 0 Å². The van der Waals surface area contributed by atoms with Crippen molar-refractivity contribution in [1.82, 2.24) is 0 Å². The van der Waals surface area contributed by atoms with Crippen LogP contribution in [0.25, 0.3) is 0 Å². The van der Waals surface area contributed by atoms with Crippen LogP contribution < -0.4 is 0 Å². The van der Waals surface area contributed by atoms with E-state index in [1.54, 1.807) is 0 Å². The molecule has 0 aliphatic carbocycles. The van der Waals surface area contributed by atoms with Crippen LogP contribution in [0.1, 0.15) is 12.8 Å². The molecule has 0 radical (unpaired) electrons. The molecule has 3 N–H and O–H groups in total. The Morgan fingerprint density at radius 1 is 1.60 bits per heavy atom. The molecule has 4 nitrogen and oxygen atoms in total. The van der Waals surface area contributed by atoms with Crippen molar-refractivity contribution in [3.63, 3.8) is 0 Å². The number of carboxylic acid groups (broad SMARTS) is 1. The lowest BCUT2D eigenvalue weighted by molar-refractivity contribution is -0.137. The standard InChI is InChI=1S/C6H10N2O2/c7-2-1-5(4-8)3-6(9)10/h2,4-5,7-8H,1,3H2,(H,9,10). The maximum atomic E-state index is 10.1. The van der Waals surface area contributed by atoms with Gasteiger partial charge in [-0.05, 0) is 18.9 Å². The third-order valence-electron chi connectivity index (χ3n) is 1.09. The summed E-state index contributed by atoms with van der Waals surface area (Å²) in [6.45, 7) is 0. The van der Waals surface area contributed by atoms with Gasteiger partial charge in [0.05, 0.1) is 6.42 Å². The lowest BCUT2D eigenvalue weighted by Crippen LogP contribution is -2.08. The first-order valence-electron chi connectivity index (χ1n) is 2.92. The van der Waals surface area contributed by atoms with Gasteiger partial charge in [-0.25, -0.2) is 0 Å². The zero-order valence-corrected chi connectivity index (χ0v) is 5.50. The minimum Gasteiger partial charge on any atom is -0.481 e. The molecule has 0 saturated heterocycles. The van der Waals surface area contributed by atoms with Crippen molar-refractivity contribution in [2.24, 2.45) is 5.92 Å². The van der Waals surface area contributed by atoms with E-state index in [9.17, 15) is 4.79 Å². The van der Waals surface area contributed by atoms with Crippen LogP contribution in [-0.4, -0.2) is 23.5 Å². The smallest absolute Gasteiger partial charge is 0.304 e. The van der Waals surface area contributed by atoms with Gasteiger partial charge >= 0.3 is 5.97 Å². The van der Waals surface area contributed by atoms with E-state index in [1.807, 2.05) is 0 Å². The van der Waals surface area contributed by atoms with Gasteiger partial charge in [0.15, 0.2) is 0 Å². The van der Waals surface area contributed by atoms with Crippen LogP contribution in [0.4, 0.5) is 0 Å². The number of aliphatic carboxylic acids is 1. The Kier molecular flexibility index (Phi) is 4.11. The molecule has 0 aliphatic heterocycles. The van der Waals surface area contributed by atoms with E-state index in [0.29, 0.717) is 6.42 Å². The number of nitrogens with one attached hydrogen (secondary N) is 2. The quantitative estimate of drug-likeness (QED) is 0.495. The first kappa shape index (κ1) is 8.81. The van der Waals surface area contributed by atoms with Crippen LogP contribution in [-0.2, 0) is 4.79 Å². The normalized spacial score (nSPS) is 12.0. The second-order valence-electron chi connectivity index (χ2n) is 1.96. The Balaban J connectivity index is 3.70. The van der Waals surface area contributed by atoms with E-state index in [0.717, 1.165) is 12.4 Å². The highest BCUT2D eigenvalue weighted by Gasteiger charge is 2.07. The van der Waals surface area contributed by atoms with Crippen molar-refractivity contribution in [2.75, 3.05) is 0 Å². The molecule has 56 valence electrons. The predicted molar refractivity (Wildman–Crippen MR) is 37.9 cm³/mol. The average molecular weight is 142 g/mol. The van der Waals surface area contributed by atoms with Crippen molar-refractivity contribution in [3.8, 4) is 0 Å². The Bertz CT molecular complexity index is 145. The third kappa shape index (κ3) is 3.77. The van der Waals surface area contributed by atoms with E-state index < -0.39 is 5.97 Å². The Morgan fingerprint density at radius 2 is 2.20 bits per heavy atom. The van der Waals surface area contributed by atoms with Crippen LogP contribution in [0.2, 0.25) is 0 Å². The largest absolute Gasteiger partial charge is 0.481 e. The first-order valence-corrected chi connectivity index (χ1v) is 2.92. The second kappa shape index (κ2) is 4.67. The molecule has 1 atom stereocenters. The number of hydrogen-bond acceptors (Lipinski definition) is 3. The van der Waals surface area contributed by atoms with Crippen molar-refractivity contribution < 1.29 is 9.90 Å². The first-order chi connectivity index (χ1) is 4.70. The molecule has 1 unspecified atom stereocenters. The molecule has 4 heteroatoms. The Hall–Kier alpha value is -1.19. The van der Waals surface area contributed by atoms with E-state index in [-0.39, 0.29) is 12.3 Å². The molecule has 0 aromatic rings. The number of hydrogen-bond donors (Lipinski definition) is 3. The van der Waals surface area contributed by atoms with Gasteiger partial charge in [-0.3, -0.25) is 4.79 Å². The van der Waals surface area contributed by atoms with Crippen molar-refractivity contribution in [3.05, 3.63) is 0 Å². The van der Waals surface area contributed by atoms with E-state index in [1.165, 1.54) is 0 Å². The summed E-state index contributed by atoms with van der Waals surface area (Å²) in [5.74, 6) is -1.23. The second-order valence-corrected chi connectivity index (χ2v) is 1.96. The van der Waals surface area contributed by atoms with Crippen LogP contribution in [0, 0.1) is 16.7 Å². The molecular weight excluding hydrogens is 132 g/mol. The number of rotatable bonds is 5. The van der Waals surface area contributed by atoms with Crippen molar-refractivity contribution in [2.45, 2.75) is 12.8 Å². The van der Waals surface area contributed by atoms with Gasteiger partial charge in [-0.2, -0.15) is 0 Å². The monoisotopic (exact) mass is 142 g/mol. The maximum Gasteiger partial charge on any atom is 0.304 e. The fourth-order valence-electron chi connectivity index (χ4n) is 0.586. The summed E-state index contributed by atoms with van der Waals surface area (Å²) >= 11 is 0. The summed E-state index contributed by atoms with van der Waals surface area (Å²) in [7, 11) is 0. The van der Waals surface area contributed by atoms with Crippen molar-refractivity contribution >= 4 is 18.4 Å². The lowest BCUT2D eigenvalue weighted by Gasteiger charge is -2.01. The van der Waals surface area contributed by atoms with Gasteiger partial charge in [0.2, 0.25) is 0 Å². The lowest BCUT2D eigenvalue weighted by atomic mass is 10.0. The van der Waals surface area contributed by atoms with E-state index in [2.05, 4.69) is 0 Å². The molecule has 0 fully saturated rings. The number of carbonyl (C=O) groups is 1. The van der Waals surface area contributed by atoms with Gasteiger partial charge in [0.25, 0.3) is 0 Å². The Labute approximate surface area is 58.9 Å². The fourth-order valence-corrected chi connectivity index (χ4v) is 0.586. The molecule has 10 heavy (non-hydrogen) atoms. The SMILES string of the molecule is N=CCC(C=N)CC(=O)O. The zero-order chi connectivity index (χ0) is 7.98. The molecule has 0 heterocycles. The zero-order valence-electron chi connectivity index (χ0n) is 5.50. The highest BCUT2D eigenvalue weighted by molar-refractivity contribution is 5.74. The van der Waals surface area contributed by atoms with Gasteiger partial charge in [0, 0.05) is 5.92 Å². The van der Waals surface area contributed by atoms with E-state index >= 15 is 0 Å². The van der Waals surface area contributed by atoms with Gasteiger partial charge in [-0.1, -0.05) is 0 Å². The summed E-state index contributed by atoms with van der Waals surface area (Å²) in [4.78, 5) is 10.1. The van der Waals surface area contributed by atoms with E-state index in [4.69, 9.17) is 15.9 Å². The number of carboxylic acids is 1. The molecule has 0 spiro atoms. The molecule has 0 aliphatic rings. The van der Waals surface area contributed by atoms with Crippen LogP contribution in [0.15, 0.2) is 0 Å². The molecule has 0 aromatic carbocycles. The topological polar surface area (TPSA) is 85.0 Å². The summed E-state index contributed by atoms with van der Waals surface area (Å²) in [6.07, 6.45) is 2.48. The molecule has 0 aromatic heterocycles. The highest BCUT2D eigenvalue weighted by Crippen LogP contribution is 2.02. The molecular formula is C6H10N2O2. The minimum absolute atomic E-state index is 0.0567. The predicted octanol–water partition coefficient (Wildman–Crippen LogP) is 0.767. The fraction of sp³-hybridized carbons (Fsp3) is 0.500. The molecule has 0 amide bonds. The molecule has 0 saturated carbocycles. The minimum atomic E-state index is -0.921. The molecule has 0 bridgehead atoms.